The molecule has 0 aromatic heterocycles. The highest BCUT2D eigenvalue weighted by atomic mass is 35.5. The van der Waals surface area contributed by atoms with Gasteiger partial charge < -0.3 is 0 Å². The van der Waals surface area contributed by atoms with Gasteiger partial charge in [-0.05, 0) is 97.1 Å². The zero-order valence-electron chi connectivity index (χ0n) is 24.1. The topological polar surface area (TPSA) is 0 Å². The minimum atomic E-state index is -0.409. The number of fused-ring (bicyclic) bond motifs is 3. The summed E-state index contributed by atoms with van der Waals surface area (Å²) in [7, 11) is 0. The monoisotopic (exact) mass is 580 g/mol. The molecule has 0 saturated heterocycles. The van der Waals surface area contributed by atoms with Crippen LogP contribution in [0.15, 0.2) is 176 Å². The Kier molecular flexibility index (Phi) is 6.51. The number of hydrogen-bond donors (Lipinski definition) is 0. The summed E-state index contributed by atoms with van der Waals surface area (Å²) in [5.41, 5.74) is 14.4. The third-order valence-corrected chi connectivity index (χ3v) is 9.24. The van der Waals surface area contributed by atoms with E-state index in [1.807, 2.05) is 18.2 Å². The van der Waals surface area contributed by atoms with Gasteiger partial charge in [0.15, 0.2) is 0 Å². The molecular formula is C43H29Cl. The molecule has 44 heavy (non-hydrogen) atoms. The highest BCUT2D eigenvalue weighted by molar-refractivity contribution is 6.30. The van der Waals surface area contributed by atoms with E-state index in [-0.39, 0.29) is 0 Å². The summed E-state index contributed by atoms with van der Waals surface area (Å²) in [6.07, 6.45) is 0. The van der Waals surface area contributed by atoms with Crippen molar-refractivity contribution < 1.29 is 0 Å². The molecule has 0 saturated carbocycles. The van der Waals surface area contributed by atoms with Gasteiger partial charge in [0.2, 0.25) is 0 Å². The minimum absolute atomic E-state index is 0.409. The van der Waals surface area contributed by atoms with Crippen molar-refractivity contribution in [2.45, 2.75) is 5.41 Å². The third kappa shape index (κ3) is 4.30. The second kappa shape index (κ2) is 10.8. The molecule has 7 aromatic carbocycles. The minimum Gasteiger partial charge on any atom is -0.0843 e. The largest absolute Gasteiger partial charge is 0.0843 e. The summed E-state index contributed by atoms with van der Waals surface area (Å²) in [5.74, 6) is 0. The van der Waals surface area contributed by atoms with Crippen molar-refractivity contribution in [1.29, 1.82) is 0 Å². The van der Waals surface area contributed by atoms with Gasteiger partial charge in [-0.25, -0.2) is 0 Å². The van der Waals surface area contributed by atoms with Crippen LogP contribution in [0.4, 0.5) is 0 Å². The molecule has 0 heterocycles. The molecular weight excluding hydrogens is 552 g/mol. The summed E-state index contributed by atoms with van der Waals surface area (Å²) < 4.78 is 0. The predicted molar refractivity (Wildman–Crippen MR) is 185 cm³/mol. The molecule has 208 valence electrons. The average molecular weight is 581 g/mol. The van der Waals surface area contributed by atoms with Crippen molar-refractivity contribution in [3.05, 3.63) is 203 Å². The second-order valence-corrected chi connectivity index (χ2v) is 11.9. The van der Waals surface area contributed by atoms with Crippen LogP contribution in [-0.2, 0) is 5.41 Å². The molecule has 1 heteroatoms. The Balaban J connectivity index is 1.29. The molecule has 0 amide bonds. The fourth-order valence-corrected chi connectivity index (χ4v) is 7.24. The van der Waals surface area contributed by atoms with Gasteiger partial charge in [-0.3, -0.25) is 0 Å². The van der Waals surface area contributed by atoms with Crippen molar-refractivity contribution in [1.82, 2.24) is 0 Å². The zero-order valence-corrected chi connectivity index (χ0v) is 24.9. The molecule has 0 unspecified atom stereocenters. The maximum absolute atomic E-state index is 6.31. The Morgan fingerprint density at radius 3 is 1.34 bits per heavy atom. The lowest BCUT2D eigenvalue weighted by molar-refractivity contribution is 0.769. The van der Waals surface area contributed by atoms with E-state index >= 15 is 0 Å². The summed E-state index contributed by atoms with van der Waals surface area (Å²) in [4.78, 5) is 0. The molecule has 8 rings (SSSR count). The van der Waals surface area contributed by atoms with E-state index in [1.165, 1.54) is 55.6 Å². The van der Waals surface area contributed by atoms with Crippen LogP contribution in [-0.4, -0.2) is 0 Å². The summed E-state index contributed by atoms with van der Waals surface area (Å²) in [6.45, 7) is 0. The third-order valence-electron chi connectivity index (χ3n) is 9.01. The van der Waals surface area contributed by atoms with Crippen LogP contribution >= 0.6 is 11.6 Å². The maximum Gasteiger partial charge on any atom is 0.0713 e. The van der Waals surface area contributed by atoms with E-state index in [0.29, 0.717) is 0 Å². The maximum atomic E-state index is 6.31. The van der Waals surface area contributed by atoms with Gasteiger partial charge >= 0.3 is 0 Å². The molecule has 7 aromatic rings. The standard InChI is InChI=1S/C43H29Cl/c44-38-21-11-16-34(28-38)32-14-9-12-30(26-32)31-13-10-15-33(27-31)35-24-25-40-39-22-7-8-23-41(39)43(42(40)29-35,36-17-3-1-4-18-36)37-19-5-2-6-20-37/h1-29H. The van der Waals surface area contributed by atoms with E-state index < -0.39 is 5.41 Å². The first-order valence-electron chi connectivity index (χ1n) is 15.0. The Hall–Kier alpha value is -5.17. The molecule has 1 aliphatic carbocycles. The first-order valence-corrected chi connectivity index (χ1v) is 15.4. The van der Waals surface area contributed by atoms with Crippen molar-refractivity contribution in [2.24, 2.45) is 0 Å². The fourth-order valence-electron chi connectivity index (χ4n) is 7.05. The molecule has 0 radical (unpaired) electrons. The van der Waals surface area contributed by atoms with Crippen LogP contribution < -0.4 is 0 Å². The van der Waals surface area contributed by atoms with Crippen LogP contribution in [0.3, 0.4) is 0 Å². The Labute approximate surface area is 263 Å². The predicted octanol–water partition coefficient (Wildman–Crippen LogP) is 11.7. The molecule has 1 aliphatic rings. The van der Waals surface area contributed by atoms with Crippen molar-refractivity contribution in [3.63, 3.8) is 0 Å². The SMILES string of the molecule is Clc1cccc(-c2cccc(-c3cccc(-c4ccc5c(c4)C(c4ccccc4)(c4ccccc4)c4ccccc4-5)c3)c2)c1. The quantitative estimate of drug-likeness (QED) is 0.190. The second-order valence-electron chi connectivity index (χ2n) is 11.5. The van der Waals surface area contributed by atoms with E-state index in [4.69, 9.17) is 11.6 Å². The van der Waals surface area contributed by atoms with E-state index in [9.17, 15) is 0 Å². The lowest BCUT2D eigenvalue weighted by Gasteiger charge is -2.34. The van der Waals surface area contributed by atoms with Gasteiger partial charge in [0.05, 0.1) is 5.41 Å². The van der Waals surface area contributed by atoms with Gasteiger partial charge in [0, 0.05) is 5.02 Å². The normalized spacial score (nSPS) is 12.8. The lowest BCUT2D eigenvalue weighted by atomic mass is 9.67. The zero-order chi connectivity index (χ0) is 29.5. The van der Waals surface area contributed by atoms with Crippen LogP contribution in [0.1, 0.15) is 22.3 Å². The van der Waals surface area contributed by atoms with Crippen LogP contribution in [0.25, 0.3) is 44.5 Å². The Morgan fingerprint density at radius 2 is 0.773 bits per heavy atom. The van der Waals surface area contributed by atoms with Gasteiger partial charge in [-0.2, -0.15) is 0 Å². The lowest BCUT2D eigenvalue weighted by Crippen LogP contribution is -2.28. The fraction of sp³-hybridized carbons (Fsp3) is 0.0233. The van der Waals surface area contributed by atoms with E-state index in [0.717, 1.165) is 16.1 Å². The van der Waals surface area contributed by atoms with Crippen molar-refractivity contribution in [3.8, 4) is 44.5 Å². The van der Waals surface area contributed by atoms with Crippen LogP contribution in [0.5, 0.6) is 0 Å². The van der Waals surface area contributed by atoms with Gasteiger partial charge in [-0.1, -0.05) is 157 Å². The van der Waals surface area contributed by atoms with E-state index in [1.54, 1.807) is 0 Å². The molecule has 0 spiro atoms. The van der Waals surface area contributed by atoms with Crippen molar-refractivity contribution in [2.75, 3.05) is 0 Å². The van der Waals surface area contributed by atoms with Crippen LogP contribution in [0.2, 0.25) is 5.02 Å². The highest BCUT2D eigenvalue weighted by Gasteiger charge is 2.45. The van der Waals surface area contributed by atoms with Gasteiger partial charge in [0.1, 0.15) is 0 Å². The number of rotatable bonds is 5. The molecule has 0 N–H and O–H groups in total. The van der Waals surface area contributed by atoms with E-state index in [2.05, 4.69) is 158 Å². The molecule has 0 nitrogen and oxygen atoms in total. The number of hydrogen-bond acceptors (Lipinski definition) is 0. The smallest absolute Gasteiger partial charge is 0.0713 e. The molecule has 0 fully saturated rings. The average Bonchev–Trinajstić information content (AvgIpc) is 3.40. The van der Waals surface area contributed by atoms with Gasteiger partial charge in [0.25, 0.3) is 0 Å². The Morgan fingerprint density at radius 1 is 0.318 bits per heavy atom. The number of benzene rings is 7. The molecule has 0 atom stereocenters. The summed E-state index contributed by atoms with van der Waals surface area (Å²) in [5, 5.41) is 0.746. The molecule has 0 bridgehead atoms. The first-order chi connectivity index (χ1) is 21.7. The summed E-state index contributed by atoms with van der Waals surface area (Å²) >= 11 is 6.31. The Bertz CT molecular complexity index is 2090. The van der Waals surface area contributed by atoms with Crippen LogP contribution in [0, 0.1) is 0 Å². The molecule has 0 aliphatic heterocycles. The number of halogens is 1. The van der Waals surface area contributed by atoms with Gasteiger partial charge in [-0.15, -0.1) is 0 Å². The first kappa shape index (κ1) is 26.5. The highest BCUT2D eigenvalue weighted by Crippen LogP contribution is 2.56. The van der Waals surface area contributed by atoms with Crippen molar-refractivity contribution >= 4 is 11.6 Å². The summed E-state index contributed by atoms with van der Waals surface area (Å²) in [6, 6.07) is 63.5.